The molecule has 9 heavy (non-hydrogen) atoms. The van der Waals surface area contributed by atoms with Gasteiger partial charge < -0.3 is 22.7 Å². The SMILES string of the molecule is O[Si](O)(O)O.[F][AlH2].[SrH2].[Zn]. The molecule has 0 aliphatic carbocycles. The van der Waals surface area contributed by atoms with Crippen molar-refractivity contribution in [3.63, 3.8) is 0 Å². The molecule has 50 valence electrons. The maximum atomic E-state index is 9.64. The summed E-state index contributed by atoms with van der Waals surface area (Å²) in [6.45, 7) is 0. The van der Waals surface area contributed by atoms with Gasteiger partial charge in [0.1, 0.15) is 0 Å². The molecular weight excluding hydrogens is 291 g/mol. The molecule has 0 saturated heterocycles. The van der Waals surface area contributed by atoms with Gasteiger partial charge in [0, 0.05) is 19.5 Å². The maximum absolute atomic E-state index is 9.64. The van der Waals surface area contributed by atoms with Gasteiger partial charge in [0.25, 0.3) is 0 Å². The van der Waals surface area contributed by atoms with Crippen LogP contribution < -0.4 is 0 Å². The molecule has 0 fully saturated rings. The van der Waals surface area contributed by atoms with Crippen LogP contribution in [0.1, 0.15) is 0 Å². The number of hydrogen-bond acceptors (Lipinski definition) is 4. The monoisotopic (exact) mass is 298 g/mol. The third-order valence-electron chi connectivity index (χ3n) is 0. The molecule has 9 heteroatoms. The number of halogens is 1. The molecule has 0 aliphatic heterocycles. The Labute approximate surface area is 112 Å². The van der Waals surface area contributed by atoms with Crippen LogP contribution in [-0.4, -0.2) is 90.5 Å². The summed E-state index contributed by atoms with van der Waals surface area (Å²) in [4.78, 5) is 29.3. The molecule has 4 nitrogen and oxygen atoms in total. The molecule has 0 unspecified atom stereocenters. The smallest absolute Gasteiger partial charge is 0 e. The Morgan fingerprint density at radius 3 is 1.00 bits per heavy atom. The summed E-state index contributed by atoms with van der Waals surface area (Å²) in [5.41, 5.74) is 0. The van der Waals surface area contributed by atoms with Crippen molar-refractivity contribution in [2.45, 2.75) is 0 Å². The first kappa shape index (κ1) is 22.6. The van der Waals surface area contributed by atoms with Gasteiger partial charge in [-0.05, 0) is 0 Å². The summed E-state index contributed by atoms with van der Waals surface area (Å²) < 4.78 is 9.64. The van der Waals surface area contributed by atoms with E-state index in [1.54, 1.807) is 0 Å². The van der Waals surface area contributed by atoms with Crippen molar-refractivity contribution in [2.75, 3.05) is 0 Å². The predicted molar refractivity (Wildman–Crippen MR) is 32.8 cm³/mol. The van der Waals surface area contributed by atoms with Crippen LogP contribution in [0.5, 0.6) is 0 Å². The summed E-state index contributed by atoms with van der Waals surface area (Å²) in [5.74, 6) is 0. The van der Waals surface area contributed by atoms with E-state index in [9.17, 15) is 3.52 Å². The average Bonchev–Trinajstić information content (AvgIpc) is 1.36. The summed E-state index contributed by atoms with van der Waals surface area (Å²) in [5, 5.41) is 0. The summed E-state index contributed by atoms with van der Waals surface area (Å²) in [6, 6.07) is 0. The second kappa shape index (κ2) is 13.2. The molecule has 0 aromatic rings. The second-order valence-electron chi connectivity index (χ2n) is 0.600. The fourth-order valence-electron chi connectivity index (χ4n) is 0. The Morgan fingerprint density at radius 1 is 1.00 bits per heavy atom. The zero-order chi connectivity index (χ0) is 6.50. The van der Waals surface area contributed by atoms with Crippen LogP contribution >= 0.6 is 0 Å². The van der Waals surface area contributed by atoms with Crippen molar-refractivity contribution in [1.82, 2.24) is 0 Å². The zero-order valence-electron chi connectivity index (χ0n) is 4.37. The van der Waals surface area contributed by atoms with Crippen molar-refractivity contribution in [3.05, 3.63) is 0 Å². The van der Waals surface area contributed by atoms with Crippen LogP contribution in [0.4, 0.5) is 3.52 Å². The maximum Gasteiger partial charge on any atom is 0 e. The van der Waals surface area contributed by atoms with Crippen LogP contribution in [0.2, 0.25) is 0 Å². The largest absolute Gasteiger partial charge is 0 e. The molecule has 0 aromatic carbocycles. The molecule has 0 heterocycles. The van der Waals surface area contributed by atoms with Gasteiger partial charge in [-0.15, -0.1) is 0 Å². The van der Waals surface area contributed by atoms with E-state index in [1.807, 2.05) is 0 Å². The standard InChI is InChI=1S/Al.FH.H4O4Si.Sr.Zn.4H/c;;1-5(2,3)4;;;;;;/h;1H;1-4H;;;;;;/q+1;;;;;;;;/p-1. The van der Waals surface area contributed by atoms with E-state index < -0.39 is 9.05 Å². The van der Waals surface area contributed by atoms with Gasteiger partial charge in [-0.2, -0.15) is 0 Å². The van der Waals surface area contributed by atoms with Gasteiger partial charge in [-0.3, -0.25) is 0 Å². The van der Waals surface area contributed by atoms with Crippen molar-refractivity contribution < 1.29 is 42.2 Å². The Bertz CT molecular complexity index is 36.0. The van der Waals surface area contributed by atoms with Gasteiger partial charge >= 0.3 is 71.3 Å². The third kappa shape index (κ3) is 115. The molecule has 0 aromatic heterocycles. The van der Waals surface area contributed by atoms with E-state index in [2.05, 4.69) is 0 Å². The molecule has 0 aliphatic rings. The van der Waals surface area contributed by atoms with Crippen LogP contribution in [-0.2, 0) is 19.5 Å². The summed E-state index contributed by atoms with van der Waals surface area (Å²) in [6.07, 6.45) is 0. The van der Waals surface area contributed by atoms with Gasteiger partial charge in [-0.1, -0.05) is 0 Å². The average molecular weight is 299 g/mol. The number of rotatable bonds is 0. The summed E-state index contributed by atoms with van der Waals surface area (Å²) in [7, 11) is -4.61. The molecule has 0 amide bonds. The van der Waals surface area contributed by atoms with Crippen molar-refractivity contribution >= 4 is 71.3 Å². The van der Waals surface area contributed by atoms with Crippen molar-refractivity contribution in [2.24, 2.45) is 0 Å². The van der Waals surface area contributed by atoms with Crippen LogP contribution in [0.15, 0.2) is 0 Å². The molecule has 0 radical (unpaired) electrons. The molecule has 4 N–H and O–H groups in total. The van der Waals surface area contributed by atoms with E-state index in [4.69, 9.17) is 19.2 Å². The first-order valence-electron chi connectivity index (χ1n) is 1.27. The minimum atomic E-state index is -4.61. The van der Waals surface area contributed by atoms with Gasteiger partial charge in [0.05, 0.1) is 0 Å². The van der Waals surface area contributed by atoms with Gasteiger partial charge in [0.15, 0.2) is 0 Å². The third-order valence-corrected chi connectivity index (χ3v) is 0. The summed E-state index contributed by atoms with van der Waals surface area (Å²) >= 11 is -0.194. The Kier molecular flexibility index (Phi) is 33.2. The molecule has 0 rings (SSSR count). The van der Waals surface area contributed by atoms with E-state index in [-0.39, 0.29) is 81.7 Å². The Morgan fingerprint density at radius 2 is 1.00 bits per heavy atom. The fraction of sp³-hybridized carbons (Fsp3) is 0. The van der Waals surface area contributed by atoms with E-state index in [1.165, 1.54) is 0 Å². The molecule has 0 bridgehead atoms. The van der Waals surface area contributed by atoms with Gasteiger partial charge in [0.2, 0.25) is 0 Å². The van der Waals surface area contributed by atoms with E-state index >= 15 is 0 Å². The zero-order valence-corrected chi connectivity index (χ0v) is 10.3. The molecule has 0 saturated carbocycles. The minimum Gasteiger partial charge on any atom is 0 e. The van der Waals surface area contributed by atoms with Crippen LogP contribution in [0, 0.1) is 0 Å². The molecular formula is H8AlFO4SiSrZn. The minimum absolute atomic E-state index is 0. The van der Waals surface area contributed by atoms with Crippen molar-refractivity contribution in [3.8, 4) is 0 Å². The van der Waals surface area contributed by atoms with Crippen LogP contribution in [0.25, 0.3) is 0 Å². The first-order valence-corrected chi connectivity index (χ1v) is 3.82. The fourth-order valence-corrected chi connectivity index (χ4v) is 0. The van der Waals surface area contributed by atoms with Crippen molar-refractivity contribution in [1.29, 1.82) is 0 Å². The quantitative estimate of drug-likeness (QED) is 0.344. The first-order chi connectivity index (χ1) is 3.00. The van der Waals surface area contributed by atoms with Gasteiger partial charge in [-0.25, -0.2) is 0 Å². The predicted octanol–water partition coefficient (Wildman–Crippen LogP) is -4.02. The van der Waals surface area contributed by atoms with E-state index in [0.29, 0.717) is 0 Å². The Hall–Kier alpha value is 2.62. The molecule has 0 atom stereocenters. The topological polar surface area (TPSA) is 80.9 Å². The van der Waals surface area contributed by atoms with E-state index in [0.717, 1.165) is 0 Å². The van der Waals surface area contributed by atoms with Crippen LogP contribution in [0.3, 0.4) is 0 Å². The second-order valence-corrected chi connectivity index (χ2v) is 1.80. The normalized spacial score (nSPS) is 7.22. The Balaban J connectivity index is -0.0000000286. The number of hydrogen-bond donors (Lipinski definition) is 4. The molecule has 0 spiro atoms.